The van der Waals surface area contributed by atoms with Gasteiger partial charge in [-0.15, -0.1) is 0 Å². The van der Waals surface area contributed by atoms with E-state index in [9.17, 15) is 19.2 Å². The summed E-state index contributed by atoms with van der Waals surface area (Å²) >= 11 is 0. The lowest BCUT2D eigenvalue weighted by Gasteiger charge is -2.49. The highest BCUT2D eigenvalue weighted by Gasteiger charge is 2.50. The van der Waals surface area contributed by atoms with Crippen LogP contribution in [0, 0.1) is 34.3 Å². The highest BCUT2D eigenvalue weighted by Crippen LogP contribution is 2.50. The van der Waals surface area contributed by atoms with E-state index in [0.29, 0.717) is 43.2 Å². The molecule has 4 aliphatic carbocycles. The fraction of sp³-hybridized carbons (Fsp3) is 0.698. The van der Waals surface area contributed by atoms with Crippen LogP contribution in [0.3, 0.4) is 0 Å². The van der Waals surface area contributed by atoms with Crippen molar-refractivity contribution in [1.82, 2.24) is 10.6 Å². The number of fused-ring (bicyclic) bond motifs is 8. The Balaban J connectivity index is 1.12. The molecule has 2 aromatic rings. The highest BCUT2D eigenvalue weighted by molar-refractivity contribution is 5.79. The lowest BCUT2D eigenvalue weighted by atomic mass is 9.59. The minimum absolute atomic E-state index is 0.0304. The lowest BCUT2D eigenvalue weighted by molar-refractivity contribution is -0.145. The number of halogens is 2. The van der Waals surface area contributed by atoms with E-state index in [1.165, 1.54) is 12.1 Å². The summed E-state index contributed by atoms with van der Waals surface area (Å²) < 4.78 is 55.5. The highest BCUT2D eigenvalue weighted by atomic mass is 19.1. The number of benzene rings is 2. The first kappa shape index (κ1) is 50.2. The topological polar surface area (TPSA) is 129 Å². The molecule has 6 rings (SSSR count). The zero-order chi connectivity index (χ0) is 47.9. The first-order valence-corrected chi connectivity index (χ1v) is 24.2. The van der Waals surface area contributed by atoms with Gasteiger partial charge in [0.1, 0.15) is 34.3 Å². The molecule has 0 aliphatic heterocycles. The Morgan fingerprint density at radius 2 is 0.954 bits per heavy atom. The van der Waals surface area contributed by atoms with Gasteiger partial charge in [-0.2, -0.15) is 0 Å². The summed E-state index contributed by atoms with van der Waals surface area (Å²) in [6.07, 6.45) is 10.2. The largest absolute Gasteiger partial charge is 0.444 e. The molecular weight excluding hydrogens is 831 g/mol. The third kappa shape index (κ3) is 11.5. The summed E-state index contributed by atoms with van der Waals surface area (Å²) in [6, 6.07) is 5.59. The molecule has 12 heteroatoms. The average molecular weight is 907 g/mol. The summed E-state index contributed by atoms with van der Waals surface area (Å²) in [5, 5.41) is 6.34. The number of carbonyl (C=O) groups excluding carboxylic acids is 4. The number of amides is 2. The second-order valence-corrected chi connectivity index (χ2v) is 23.5. The predicted molar refractivity (Wildman–Crippen MR) is 247 cm³/mol. The Morgan fingerprint density at radius 1 is 0.585 bits per heavy atom. The fourth-order valence-electron chi connectivity index (χ4n) is 11.3. The molecule has 4 aliphatic rings. The van der Waals surface area contributed by atoms with Crippen LogP contribution in [0.4, 0.5) is 18.4 Å². The molecule has 0 saturated heterocycles. The molecule has 2 aromatic carbocycles. The second kappa shape index (κ2) is 18.8. The molecule has 0 heterocycles. The van der Waals surface area contributed by atoms with Crippen LogP contribution in [0.15, 0.2) is 24.3 Å². The van der Waals surface area contributed by atoms with Crippen molar-refractivity contribution in [3.8, 4) is 11.5 Å². The van der Waals surface area contributed by atoms with E-state index >= 15 is 8.78 Å². The molecule has 0 spiro atoms. The maximum Gasteiger partial charge on any atom is 0.407 e. The monoisotopic (exact) mass is 907 g/mol. The van der Waals surface area contributed by atoms with Gasteiger partial charge in [-0.25, -0.2) is 18.4 Å². The Hall–Kier alpha value is -4.22. The van der Waals surface area contributed by atoms with Gasteiger partial charge in [0.25, 0.3) is 0 Å². The third-order valence-electron chi connectivity index (χ3n) is 14.8. The third-order valence-corrected chi connectivity index (χ3v) is 14.8. The lowest BCUT2D eigenvalue weighted by Crippen LogP contribution is -2.57. The van der Waals surface area contributed by atoms with E-state index in [4.69, 9.17) is 18.9 Å². The minimum Gasteiger partial charge on any atom is -0.444 e. The summed E-state index contributed by atoms with van der Waals surface area (Å²) in [7, 11) is 0. The van der Waals surface area contributed by atoms with Crippen molar-refractivity contribution in [1.29, 1.82) is 0 Å². The van der Waals surface area contributed by atoms with Crippen molar-refractivity contribution in [3.63, 3.8) is 0 Å². The van der Waals surface area contributed by atoms with Crippen molar-refractivity contribution in [2.45, 2.75) is 214 Å². The van der Waals surface area contributed by atoms with E-state index in [-0.39, 0.29) is 35.4 Å². The number of carbonyl (C=O) groups is 4. The van der Waals surface area contributed by atoms with Crippen LogP contribution in [-0.4, -0.2) is 47.4 Å². The fourth-order valence-corrected chi connectivity index (χ4v) is 11.3. The van der Waals surface area contributed by atoms with Crippen molar-refractivity contribution < 1.29 is 46.9 Å². The molecule has 2 saturated carbocycles. The van der Waals surface area contributed by atoms with E-state index < -0.39 is 68.6 Å². The zero-order valence-corrected chi connectivity index (χ0v) is 41.2. The number of hydrogen-bond donors (Lipinski definition) is 2. The molecule has 2 N–H and O–H groups in total. The van der Waals surface area contributed by atoms with Gasteiger partial charge in [-0.05, 0) is 167 Å². The molecule has 4 bridgehead atoms. The van der Waals surface area contributed by atoms with Crippen LogP contribution < -0.4 is 20.1 Å². The van der Waals surface area contributed by atoms with Crippen LogP contribution in [-0.2, 0) is 42.7 Å². The number of hydrogen-bond acceptors (Lipinski definition) is 8. The van der Waals surface area contributed by atoms with Crippen molar-refractivity contribution in [2.24, 2.45) is 22.7 Å². The van der Waals surface area contributed by atoms with Crippen LogP contribution in [0.2, 0.25) is 0 Å². The molecule has 6 atom stereocenters. The van der Waals surface area contributed by atoms with Crippen LogP contribution >= 0.6 is 0 Å². The summed E-state index contributed by atoms with van der Waals surface area (Å²) in [6.45, 7) is 22.2. The van der Waals surface area contributed by atoms with Gasteiger partial charge in [-0.1, -0.05) is 58.8 Å². The summed E-state index contributed by atoms with van der Waals surface area (Å²) in [5.74, 6) is -1.59. The van der Waals surface area contributed by atoms with Crippen molar-refractivity contribution >= 4 is 24.1 Å². The first-order chi connectivity index (χ1) is 30.1. The maximum absolute atomic E-state index is 16.1. The molecule has 10 nitrogen and oxygen atoms in total. The zero-order valence-electron chi connectivity index (χ0n) is 41.2. The standard InChI is InChI=1S/C53H76F2N2O8/c1-48(2,3)64-46(60)56-42-32-20-15-13-17-24-52(42,11)38-28-34(30-40(54)36(38)26-32)62-44(58)50(7,8)22-19-23-51(9,10)45(59)63-35-29-39-37(41(55)31-35)27-33-21-16-14-18-25-53(39,12)43(33)57-47(61)65-49(4,5)6/h28-33,42-43H,13-27H2,1-12H3,(H,56,60)(H,57,61). The number of alkyl carbamates (subject to hydrolysis) is 2. The summed E-state index contributed by atoms with van der Waals surface area (Å²) in [5.41, 5.74) is -1.84. The Kier molecular flexibility index (Phi) is 14.5. The van der Waals surface area contributed by atoms with E-state index in [1.807, 2.05) is 41.5 Å². The smallest absolute Gasteiger partial charge is 0.407 e. The molecular formula is C53H76F2N2O8. The van der Waals surface area contributed by atoms with Gasteiger partial charge >= 0.3 is 24.1 Å². The van der Waals surface area contributed by atoms with Gasteiger partial charge in [0.05, 0.1) is 10.8 Å². The average Bonchev–Trinajstić information content (AvgIpc) is 3.16. The Bertz CT molecular complexity index is 1970. The molecule has 2 fully saturated rings. The number of rotatable bonds is 10. The first-order valence-electron chi connectivity index (χ1n) is 24.2. The molecule has 6 unspecified atom stereocenters. The van der Waals surface area contributed by atoms with Gasteiger partial charge in [0.15, 0.2) is 0 Å². The number of ether oxygens (including phenoxy) is 4. The molecule has 2 amide bonds. The minimum atomic E-state index is -0.987. The predicted octanol–water partition coefficient (Wildman–Crippen LogP) is 12.3. The normalized spacial score (nSPS) is 25.8. The summed E-state index contributed by atoms with van der Waals surface area (Å²) in [4.78, 5) is 53.9. The van der Waals surface area contributed by atoms with Crippen LogP contribution in [0.25, 0.3) is 0 Å². The van der Waals surface area contributed by atoms with Crippen molar-refractivity contribution in [3.05, 3.63) is 58.2 Å². The van der Waals surface area contributed by atoms with Crippen molar-refractivity contribution in [2.75, 3.05) is 0 Å². The van der Waals surface area contributed by atoms with Gasteiger partial charge in [0.2, 0.25) is 0 Å². The van der Waals surface area contributed by atoms with Gasteiger partial charge in [0, 0.05) is 35.0 Å². The number of esters is 2. The second-order valence-electron chi connectivity index (χ2n) is 23.5. The number of nitrogens with one attached hydrogen (secondary N) is 2. The molecule has 0 radical (unpaired) electrons. The van der Waals surface area contributed by atoms with Gasteiger partial charge < -0.3 is 29.6 Å². The van der Waals surface area contributed by atoms with E-state index in [0.717, 1.165) is 75.3 Å². The maximum atomic E-state index is 16.1. The van der Waals surface area contributed by atoms with Crippen LogP contribution in [0.5, 0.6) is 11.5 Å². The molecule has 65 heavy (non-hydrogen) atoms. The SMILES string of the molecule is CC(C)(C)OC(=O)NC1C2CCCCCC1(C)c1cc(OC(=O)C(C)(C)CCCC(C)(C)C(=O)Oc3cc(F)c4c(c3)C3(C)CCCCCC(C4)C3NC(=O)OC(C)(C)C)cc(F)c1C2. The van der Waals surface area contributed by atoms with E-state index in [2.05, 4.69) is 24.5 Å². The van der Waals surface area contributed by atoms with Gasteiger partial charge in [-0.3, -0.25) is 9.59 Å². The van der Waals surface area contributed by atoms with E-state index in [1.54, 1.807) is 39.8 Å². The Labute approximate surface area is 386 Å². The van der Waals surface area contributed by atoms with Crippen LogP contribution in [0.1, 0.15) is 189 Å². The quantitative estimate of drug-likeness (QED) is 0.178. The molecule has 360 valence electrons. The Morgan fingerprint density at radius 3 is 1.31 bits per heavy atom. The molecule has 0 aromatic heterocycles.